The highest BCUT2D eigenvalue weighted by Gasteiger charge is 2.20. The number of carbonyl (C=O) groups is 1. The summed E-state index contributed by atoms with van der Waals surface area (Å²) < 4.78 is 13.0. The topological polar surface area (TPSA) is 92.5 Å². The molecule has 21 heavy (non-hydrogen) atoms. The van der Waals surface area contributed by atoms with Crippen molar-refractivity contribution in [1.29, 1.82) is 0 Å². The Bertz CT molecular complexity index is 731. The van der Waals surface area contributed by atoms with Crippen LogP contribution in [0.5, 0.6) is 0 Å². The third kappa shape index (κ3) is 3.14. The minimum absolute atomic E-state index is 0.368. The molecule has 0 unspecified atom stereocenters. The second-order valence-corrected chi connectivity index (χ2v) is 4.38. The molecule has 0 aliphatic heterocycles. The van der Waals surface area contributed by atoms with Gasteiger partial charge in [-0.05, 0) is 42.8 Å². The highest BCUT2D eigenvalue weighted by Crippen LogP contribution is 2.26. The van der Waals surface area contributed by atoms with E-state index in [0.717, 1.165) is 6.07 Å². The first-order valence-corrected chi connectivity index (χ1v) is 5.93. The first-order valence-electron chi connectivity index (χ1n) is 5.93. The van der Waals surface area contributed by atoms with Gasteiger partial charge in [0.1, 0.15) is 11.4 Å². The van der Waals surface area contributed by atoms with E-state index >= 15 is 0 Å². The third-order valence-electron chi connectivity index (χ3n) is 2.89. The summed E-state index contributed by atoms with van der Waals surface area (Å²) in [5.74, 6) is -1.77. The van der Waals surface area contributed by atoms with Crippen molar-refractivity contribution in [2.75, 3.05) is 5.32 Å². The van der Waals surface area contributed by atoms with Gasteiger partial charge in [0.15, 0.2) is 0 Å². The molecular formula is C14H11FN2O4. The van der Waals surface area contributed by atoms with Crippen LogP contribution in [0.4, 0.5) is 21.5 Å². The molecule has 0 bridgehead atoms. The number of anilines is 2. The zero-order valence-corrected chi connectivity index (χ0v) is 11.0. The molecule has 2 N–H and O–H groups in total. The average Bonchev–Trinajstić information content (AvgIpc) is 2.41. The number of nitrogens with one attached hydrogen (secondary N) is 1. The van der Waals surface area contributed by atoms with Crippen LogP contribution in [-0.2, 0) is 0 Å². The van der Waals surface area contributed by atoms with Crippen LogP contribution in [0.25, 0.3) is 0 Å². The van der Waals surface area contributed by atoms with Crippen molar-refractivity contribution in [1.82, 2.24) is 0 Å². The minimum Gasteiger partial charge on any atom is -0.477 e. The summed E-state index contributed by atoms with van der Waals surface area (Å²) in [6.45, 7) is 1.69. The van der Waals surface area contributed by atoms with E-state index in [9.17, 15) is 19.3 Å². The lowest BCUT2D eigenvalue weighted by Crippen LogP contribution is -2.04. The SMILES string of the molecule is Cc1cc(F)ccc1Nc1ccc([N+](=O)[O-])c(C(=O)O)c1. The van der Waals surface area contributed by atoms with E-state index in [1.54, 1.807) is 6.92 Å². The Balaban J connectivity index is 2.39. The van der Waals surface area contributed by atoms with Gasteiger partial charge in [-0.15, -0.1) is 0 Å². The lowest BCUT2D eigenvalue weighted by Gasteiger charge is -2.10. The second-order valence-electron chi connectivity index (χ2n) is 4.38. The third-order valence-corrected chi connectivity index (χ3v) is 2.89. The minimum atomic E-state index is -1.39. The van der Waals surface area contributed by atoms with Crippen molar-refractivity contribution in [2.45, 2.75) is 6.92 Å². The van der Waals surface area contributed by atoms with Gasteiger partial charge in [-0.25, -0.2) is 9.18 Å². The van der Waals surface area contributed by atoms with Crippen molar-refractivity contribution >= 4 is 23.0 Å². The number of hydrogen-bond donors (Lipinski definition) is 2. The van der Waals surface area contributed by atoms with E-state index in [2.05, 4.69) is 5.32 Å². The summed E-state index contributed by atoms with van der Waals surface area (Å²) in [5, 5.41) is 22.7. The number of carboxylic acids is 1. The fourth-order valence-corrected chi connectivity index (χ4v) is 1.87. The number of rotatable bonds is 4. The second kappa shape index (κ2) is 5.58. The molecule has 0 spiro atoms. The number of halogens is 1. The van der Waals surface area contributed by atoms with Crippen molar-refractivity contribution in [2.24, 2.45) is 0 Å². The number of nitro groups is 1. The first kappa shape index (κ1) is 14.4. The normalized spacial score (nSPS) is 10.2. The Hall–Kier alpha value is -2.96. The molecule has 0 radical (unpaired) electrons. The Morgan fingerprint density at radius 3 is 2.57 bits per heavy atom. The Kier molecular flexibility index (Phi) is 3.84. The van der Waals surface area contributed by atoms with E-state index in [0.29, 0.717) is 16.9 Å². The van der Waals surface area contributed by atoms with Crippen LogP contribution in [0.2, 0.25) is 0 Å². The fraction of sp³-hybridized carbons (Fsp3) is 0.0714. The molecular weight excluding hydrogens is 279 g/mol. The van der Waals surface area contributed by atoms with Gasteiger partial charge in [0, 0.05) is 17.4 Å². The molecule has 0 atom stereocenters. The molecule has 0 amide bonds. The number of benzene rings is 2. The van der Waals surface area contributed by atoms with Crippen LogP contribution in [0.15, 0.2) is 36.4 Å². The van der Waals surface area contributed by atoms with Crippen LogP contribution in [0.3, 0.4) is 0 Å². The number of aromatic carboxylic acids is 1. The van der Waals surface area contributed by atoms with Gasteiger partial charge in [0.2, 0.25) is 0 Å². The number of nitro benzene ring substituents is 1. The van der Waals surface area contributed by atoms with Crippen LogP contribution in [0.1, 0.15) is 15.9 Å². The molecule has 108 valence electrons. The van der Waals surface area contributed by atoms with Crippen molar-refractivity contribution in [3.05, 3.63) is 63.5 Å². The molecule has 2 aromatic rings. The molecule has 2 aromatic carbocycles. The molecule has 0 saturated carbocycles. The van der Waals surface area contributed by atoms with Crippen LogP contribution in [0, 0.1) is 22.9 Å². The van der Waals surface area contributed by atoms with E-state index in [1.165, 1.54) is 30.3 Å². The highest BCUT2D eigenvalue weighted by molar-refractivity contribution is 5.93. The maximum Gasteiger partial charge on any atom is 0.342 e. The maximum atomic E-state index is 13.0. The zero-order valence-electron chi connectivity index (χ0n) is 11.0. The predicted molar refractivity (Wildman–Crippen MR) is 74.5 cm³/mol. The van der Waals surface area contributed by atoms with Gasteiger partial charge in [-0.1, -0.05) is 0 Å². The van der Waals surface area contributed by atoms with E-state index in [1.807, 2.05) is 0 Å². The molecule has 0 aliphatic rings. The summed E-state index contributed by atoms with van der Waals surface area (Å²) in [6, 6.07) is 7.78. The van der Waals surface area contributed by atoms with E-state index < -0.39 is 22.1 Å². The average molecular weight is 290 g/mol. The molecule has 0 fully saturated rings. The Labute approximate surface area is 119 Å². The van der Waals surface area contributed by atoms with Gasteiger partial charge in [0.25, 0.3) is 5.69 Å². The van der Waals surface area contributed by atoms with Crippen LogP contribution < -0.4 is 5.32 Å². The molecule has 7 heteroatoms. The van der Waals surface area contributed by atoms with Crippen molar-refractivity contribution in [3.63, 3.8) is 0 Å². The molecule has 6 nitrogen and oxygen atoms in total. The lowest BCUT2D eigenvalue weighted by atomic mass is 10.1. The fourth-order valence-electron chi connectivity index (χ4n) is 1.87. The van der Waals surface area contributed by atoms with E-state index in [-0.39, 0.29) is 5.82 Å². The van der Waals surface area contributed by atoms with Gasteiger partial charge in [0.05, 0.1) is 4.92 Å². The Morgan fingerprint density at radius 2 is 2.00 bits per heavy atom. The van der Waals surface area contributed by atoms with Gasteiger partial charge in [-0.3, -0.25) is 10.1 Å². The Morgan fingerprint density at radius 1 is 1.29 bits per heavy atom. The molecule has 0 aromatic heterocycles. The zero-order chi connectivity index (χ0) is 15.6. The van der Waals surface area contributed by atoms with Crippen LogP contribution >= 0.6 is 0 Å². The number of hydrogen-bond acceptors (Lipinski definition) is 4. The van der Waals surface area contributed by atoms with E-state index in [4.69, 9.17) is 5.11 Å². The monoisotopic (exact) mass is 290 g/mol. The summed E-state index contributed by atoms with van der Waals surface area (Å²) in [6.07, 6.45) is 0. The van der Waals surface area contributed by atoms with Gasteiger partial charge < -0.3 is 10.4 Å². The number of carboxylic acid groups (broad SMARTS) is 1. The molecule has 0 saturated heterocycles. The highest BCUT2D eigenvalue weighted by atomic mass is 19.1. The predicted octanol–water partition coefficient (Wildman–Crippen LogP) is 3.48. The molecule has 0 heterocycles. The largest absolute Gasteiger partial charge is 0.477 e. The first-order chi connectivity index (χ1) is 9.88. The van der Waals surface area contributed by atoms with Crippen molar-refractivity contribution < 1.29 is 19.2 Å². The standard InChI is InChI=1S/C14H11FN2O4/c1-8-6-9(15)2-4-12(8)16-10-3-5-13(17(20)21)11(7-10)14(18)19/h2-7,16H,1H3,(H,18,19). The summed E-state index contributed by atoms with van der Waals surface area (Å²) in [4.78, 5) is 21.1. The summed E-state index contributed by atoms with van der Waals surface area (Å²) >= 11 is 0. The smallest absolute Gasteiger partial charge is 0.342 e. The summed E-state index contributed by atoms with van der Waals surface area (Å²) in [7, 11) is 0. The molecule has 2 rings (SSSR count). The van der Waals surface area contributed by atoms with Crippen LogP contribution in [-0.4, -0.2) is 16.0 Å². The summed E-state index contributed by atoms with van der Waals surface area (Å²) in [5.41, 5.74) is 0.688. The lowest BCUT2D eigenvalue weighted by molar-refractivity contribution is -0.385. The number of aryl methyl sites for hydroxylation is 1. The van der Waals surface area contributed by atoms with Gasteiger partial charge in [-0.2, -0.15) is 0 Å². The van der Waals surface area contributed by atoms with Gasteiger partial charge >= 0.3 is 5.97 Å². The maximum absolute atomic E-state index is 13.0. The number of nitrogens with zero attached hydrogens (tertiary/aromatic N) is 1. The van der Waals surface area contributed by atoms with Crippen molar-refractivity contribution in [3.8, 4) is 0 Å². The molecule has 0 aliphatic carbocycles. The quantitative estimate of drug-likeness (QED) is 0.664.